The Morgan fingerprint density at radius 3 is 2.06 bits per heavy atom. The van der Waals surface area contributed by atoms with Gasteiger partial charge in [-0.25, -0.2) is 0 Å². The fourth-order valence-electron chi connectivity index (χ4n) is 6.86. The van der Waals surface area contributed by atoms with Crippen molar-refractivity contribution in [3.8, 4) is 5.75 Å². The van der Waals surface area contributed by atoms with Crippen LogP contribution in [-0.2, 0) is 27.2 Å². The molecule has 268 valence electrons. The third-order valence-electron chi connectivity index (χ3n) is 9.79. The number of carbonyl (C=O) groups excluding carboxylic acids is 3. The monoisotopic (exact) mass is 678 g/mol. The van der Waals surface area contributed by atoms with Gasteiger partial charge in [-0.05, 0) is 91.2 Å². The summed E-state index contributed by atoms with van der Waals surface area (Å²) in [7, 11) is 0. The average molecular weight is 679 g/mol. The highest BCUT2D eigenvalue weighted by atomic mass is 16.5. The maximum absolute atomic E-state index is 13.7. The van der Waals surface area contributed by atoms with Gasteiger partial charge in [-0.15, -0.1) is 0 Å². The summed E-state index contributed by atoms with van der Waals surface area (Å²) in [4.78, 5) is 42.1. The molecule has 1 fully saturated rings. The van der Waals surface area contributed by atoms with Gasteiger partial charge in [0.15, 0.2) is 0 Å². The lowest BCUT2D eigenvalue weighted by atomic mass is 9.87. The molecule has 3 aromatic carbocycles. The molecule has 1 amide bonds. The number of anilines is 1. The third-order valence-corrected chi connectivity index (χ3v) is 9.79. The van der Waals surface area contributed by atoms with E-state index < -0.39 is 0 Å². The van der Waals surface area contributed by atoms with Crippen molar-refractivity contribution in [3.05, 3.63) is 107 Å². The molecule has 1 unspecified atom stereocenters. The second-order valence-electron chi connectivity index (χ2n) is 14.5. The highest BCUT2D eigenvalue weighted by Gasteiger charge is 2.24. The van der Waals surface area contributed by atoms with E-state index in [9.17, 15) is 14.4 Å². The van der Waals surface area contributed by atoms with Crippen LogP contribution in [0.25, 0.3) is 0 Å². The van der Waals surface area contributed by atoms with Gasteiger partial charge in [0.25, 0.3) is 0 Å². The fourth-order valence-corrected chi connectivity index (χ4v) is 6.86. The van der Waals surface area contributed by atoms with Gasteiger partial charge in [0.05, 0.1) is 6.42 Å². The Kier molecular flexibility index (Phi) is 15.3. The minimum Gasteiger partial charge on any atom is -0.427 e. The van der Waals surface area contributed by atoms with Crippen LogP contribution in [-0.4, -0.2) is 35.6 Å². The Morgan fingerprint density at radius 2 is 1.40 bits per heavy atom. The number of allylic oxidation sites excluding steroid dienone is 1. The molecule has 1 aliphatic heterocycles. The lowest BCUT2D eigenvalue weighted by Crippen LogP contribution is -2.26. The van der Waals surface area contributed by atoms with Crippen LogP contribution < -0.4 is 10.1 Å². The standard InChI is InChI=1S/C44H58N2O4/c1-32(2)39-20-16-21-40(33(3)4)44(39)45-42(48)31-41(47)37(29-35-18-11-8-12-19-35)30-36-23-25-38(26-24-36)50-43(49)22-13-6-7-14-27-46-28-15-9-10-17-34(46)5/h8,11-12,16,18-21,23-26,32-33,37H,5-7,9-10,13-15,17,22,27-31H2,1-4H3,(H,45,48). The van der Waals surface area contributed by atoms with Crippen molar-refractivity contribution in [3.63, 3.8) is 0 Å². The van der Waals surface area contributed by atoms with Gasteiger partial charge < -0.3 is 15.0 Å². The topological polar surface area (TPSA) is 75.7 Å². The molecular formula is C44H58N2O4. The van der Waals surface area contributed by atoms with Crippen molar-refractivity contribution in [2.24, 2.45) is 5.92 Å². The Labute approximate surface area is 300 Å². The van der Waals surface area contributed by atoms with Crippen molar-refractivity contribution in [2.75, 3.05) is 18.4 Å². The van der Waals surface area contributed by atoms with Crippen LogP contribution in [0.15, 0.2) is 85.1 Å². The number of unbranched alkanes of at least 4 members (excludes halogenated alkanes) is 3. The van der Waals surface area contributed by atoms with Gasteiger partial charge >= 0.3 is 5.97 Å². The van der Waals surface area contributed by atoms with Crippen LogP contribution in [0, 0.1) is 5.92 Å². The summed E-state index contributed by atoms with van der Waals surface area (Å²) in [5, 5.41) is 3.11. The first kappa shape index (κ1) is 38.6. The molecular weight excluding hydrogens is 620 g/mol. The van der Waals surface area contributed by atoms with Crippen LogP contribution in [0.2, 0.25) is 0 Å². The number of hydrogen-bond acceptors (Lipinski definition) is 5. The quantitative estimate of drug-likeness (QED) is 0.0627. The lowest BCUT2D eigenvalue weighted by molar-refractivity contribution is -0.134. The van der Waals surface area contributed by atoms with E-state index in [-0.39, 0.29) is 41.8 Å². The molecule has 0 saturated carbocycles. The first-order chi connectivity index (χ1) is 24.1. The lowest BCUT2D eigenvalue weighted by Gasteiger charge is -2.24. The van der Waals surface area contributed by atoms with Gasteiger partial charge in [-0.1, -0.05) is 114 Å². The minimum absolute atomic E-state index is 0.0913. The molecule has 50 heavy (non-hydrogen) atoms. The number of para-hydroxylation sites is 1. The zero-order valence-electron chi connectivity index (χ0n) is 30.8. The molecule has 1 heterocycles. The van der Waals surface area contributed by atoms with Crippen molar-refractivity contribution in [1.29, 1.82) is 0 Å². The number of esters is 1. The van der Waals surface area contributed by atoms with E-state index in [0.717, 1.165) is 73.1 Å². The number of hydrogen-bond donors (Lipinski definition) is 1. The van der Waals surface area contributed by atoms with E-state index in [1.165, 1.54) is 25.0 Å². The molecule has 6 heteroatoms. The zero-order valence-corrected chi connectivity index (χ0v) is 30.8. The molecule has 0 aliphatic carbocycles. The van der Waals surface area contributed by atoms with E-state index >= 15 is 0 Å². The minimum atomic E-state index is -0.376. The molecule has 3 aromatic rings. The summed E-state index contributed by atoms with van der Waals surface area (Å²) < 4.78 is 5.63. The summed E-state index contributed by atoms with van der Waals surface area (Å²) in [6.07, 6.45) is 10.2. The summed E-state index contributed by atoms with van der Waals surface area (Å²) in [6.45, 7) is 14.9. The number of rotatable bonds is 18. The smallest absolute Gasteiger partial charge is 0.311 e. The maximum Gasteiger partial charge on any atom is 0.311 e. The molecule has 4 rings (SSSR count). The van der Waals surface area contributed by atoms with E-state index in [4.69, 9.17) is 4.74 Å². The Morgan fingerprint density at radius 1 is 0.760 bits per heavy atom. The SMILES string of the molecule is C=C1CCCCCN1CCCCCCC(=O)Oc1ccc(CC(Cc2ccccc2)C(=O)CC(=O)Nc2c(C(C)C)cccc2C(C)C)cc1. The summed E-state index contributed by atoms with van der Waals surface area (Å²) in [5.74, 6) is 0.00489. The first-order valence-corrected chi connectivity index (χ1v) is 18.8. The molecule has 1 saturated heterocycles. The van der Waals surface area contributed by atoms with Crippen LogP contribution in [0.1, 0.15) is 126 Å². The molecule has 0 bridgehead atoms. The van der Waals surface area contributed by atoms with Crippen LogP contribution in [0.3, 0.4) is 0 Å². The predicted molar refractivity (Wildman–Crippen MR) is 205 cm³/mol. The van der Waals surface area contributed by atoms with Gasteiger partial charge in [0, 0.05) is 36.8 Å². The Hall–Kier alpha value is -4.19. The number of benzene rings is 3. The second-order valence-corrected chi connectivity index (χ2v) is 14.5. The number of ether oxygens (including phenoxy) is 1. The summed E-state index contributed by atoms with van der Waals surface area (Å²) in [5.41, 5.74) is 6.26. The third kappa shape index (κ3) is 12.3. The largest absolute Gasteiger partial charge is 0.427 e. The number of ketones is 1. The highest BCUT2D eigenvalue weighted by Crippen LogP contribution is 2.33. The van der Waals surface area contributed by atoms with Crippen molar-refractivity contribution >= 4 is 23.3 Å². The van der Waals surface area contributed by atoms with Gasteiger partial charge in [0.2, 0.25) is 5.91 Å². The molecule has 0 aromatic heterocycles. The van der Waals surface area contributed by atoms with Crippen LogP contribution in [0.4, 0.5) is 5.69 Å². The fraction of sp³-hybridized carbons (Fsp3) is 0.477. The number of nitrogens with one attached hydrogen (secondary N) is 1. The highest BCUT2D eigenvalue weighted by molar-refractivity contribution is 6.05. The molecule has 0 spiro atoms. The van der Waals surface area contributed by atoms with Crippen molar-refractivity contribution < 1.29 is 19.1 Å². The van der Waals surface area contributed by atoms with Gasteiger partial charge in [0.1, 0.15) is 11.5 Å². The maximum atomic E-state index is 13.7. The zero-order chi connectivity index (χ0) is 35.9. The molecule has 6 nitrogen and oxygen atoms in total. The average Bonchev–Trinajstić information content (AvgIpc) is 3.30. The number of carbonyl (C=O) groups is 3. The number of nitrogens with zero attached hydrogens (tertiary/aromatic N) is 1. The van der Waals surface area contributed by atoms with Gasteiger partial charge in [-0.3, -0.25) is 14.4 Å². The summed E-state index contributed by atoms with van der Waals surface area (Å²) in [6, 6.07) is 23.5. The number of amides is 1. The number of Topliss-reactive ketones (excluding diaryl/α,β-unsaturated/α-hetero) is 1. The number of likely N-dealkylation sites (tertiary alicyclic amines) is 1. The predicted octanol–water partition coefficient (Wildman–Crippen LogP) is 10.2. The van der Waals surface area contributed by atoms with Crippen molar-refractivity contribution in [2.45, 2.75) is 117 Å². The van der Waals surface area contributed by atoms with E-state index in [1.807, 2.05) is 60.7 Å². The first-order valence-electron chi connectivity index (χ1n) is 18.8. The van der Waals surface area contributed by atoms with E-state index in [1.54, 1.807) is 12.1 Å². The van der Waals surface area contributed by atoms with Crippen molar-refractivity contribution in [1.82, 2.24) is 4.90 Å². The molecule has 1 atom stereocenters. The van der Waals surface area contributed by atoms with Crippen LogP contribution >= 0.6 is 0 Å². The van der Waals surface area contributed by atoms with E-state index in [2.05, 4.69) is 44.5 Å². The molecule has 1 N–H and O–H groups in total. The Bertz CT molecular complexity index is 1520. The van der Waals surface area contributed by atoms with E-state index in [0.29, 0.717) is 25.0 Å². The molecule has 1 aliphatic rings. The second kappa shape index (κ2) is 19.9. The Balaban J connectivity index is 1.29. The van der Waals surface area contributed by atoms with Crippen LogP contribution in [0.5, 0.6) is 5.75 Å². The molecule has 0 radical (unpaired) electrons. The summed E-state index contributed by atoms with van der Waals surface area (Å²) >= 11 is 0. The van der Waals surface area contributed by atoms with Gasteiger partial charge in [-0.2, -0.15) is 0 Å². The normalized spacial score (nSPS) is 14.0.